The summed E-state index contributed by atoms with van der Waals surface area (Å²) in [7, 11) is 1.56. The number of carbonyl (C=O) groups is 3. The van der Waals surface area contributed by atoms with Gasteiger partial charge in [-0.25, -0.2) is 19.3 Å². The lowest BCUT2D eigenvalue weighted by Gasteiger charge is -2.35. The van der Waals surface area contributed by atoms with Gasteiger partial charge in [0.25, 0.3) is 0 Å². The number of thiazole rings is 1. The van der Waals surface area contributed by atoms with Crippen molar-refractivity contribution in [2.24, 2.45) is 5.41 Å². The predicted octanol–water partition coefficient (Wildman–Crippen LogP) is 7.39. The summed E-state index contributed by atoms with van der Waals surface area (Å²) in [5.41, 5.74) is 5.25. The second kappa shape index (κ2) is 23.1. The maximum absolute atomic E-state index is 14.0. The van der Waals surface area contributed by atoms with Crippen LogP contribution in [-0.4, -0.2) is 108 Å². The highest BCUT2D eigenvalue weighted by molar-refractivity contribution is 7.13. The van der Waals surface area contributed by atoms with Crippen LogP contribution in [0.4, 0.5) is 15.9 Å². The number of methoxy groups -OCH3 is 1. The molecule has 3 aromatic carbocycles. The molecule has 5 aromatic rings. The molecular weight excluding hydrogens is 877 g/mol. The van der Waals surface area contributed by atoms with Crippen LogP contribution in [0, 0.1) is 18.2 Å². The first kappa shape index (κ1) is 49.0. The first-order valence-electron chi connectivity index (χ1n) is 21.6. The molecule has 15 nitrogen and oxygen atoms in total. The van der Waals surface area contributed by atoms with E-state index in [0.717, 1.165) is 41.0 Å². The van der Waals surface area contributed by atoms with Gasteiger partial charge in [0.2, 0.25) is 17.7 Å². The standard InChI is InChI=1S/C47H57ClFN7O8S/c1-29-42(65-28-53-29)31-11-9-30(10-12-31)25-50-45(59)38-22-33(57)26-56(38)46(60)43(47(2,3)4)55-41(58)15-18-63-20-19-62-16-7-6-8-17-64-40-23-34-37(24-39(40)61-5)51-27-52-44(34)54-32-13-14-36(49)35(48)21-32/h9-14,21,23-24,27-28,33,38,43,57H,6-8,15-20,22,25-26H2,1-5H3,(H,50,59)(H,55,58)(H,51,52,54). The number of ether oxygens (including phenoxy) is 4. The Labute approximate surface area is 387 Å². The number of aromatic nitrogens is 3. The minimum atomic E-state index is -0.930. The summed E-state index contributed by atoms with van der Waals surface area (Å²) in [6, 6.07) is 14.0. The number of anilines is 2. The lowest BCUT2D eigenvalue weighted by atomic mass is 9.85. The van der Waals surface area contributed by atoms with Gasteiger partial charge in [-0.1, -0.05) is 56.6 Å². The molecule has 3 amide bonds. The molecule has 0 saturated carbocycles. The van der Waals surface area contributed by atoms with Crippen molar-refractivity contribution in [1.82, 2.24) is 30.5 Å². The number of amides is 3. The molecule has 18 heteroatoms. The molecule has 1 aliphatic heterocycles. The second-order valence-electron chi connectivity index (χ2n) is 16.8. The van der Waals surface area contributed by atoms with E-state index in [2.05, 4.69) is 30.9 Å². The van der Waals surface area contributed by atoms with E-state index < -0.39 is 35.3 Å². The van der Waals surface area contributed by atoms with Crippen LogP contribution >= 0.6 is 22.9 Å². The summed E-state index contributed by atoms with van der Waals surface area (Å²) in [5, 5.41) is 20.2. The summed E-state index contributed by atoms with van der Waals surface area (Å²) in [6.45, 7) is 9.52. The van der Waals surface area contributed by atoms with E-state index in [1.54, 1.807) is 30.6 Å². The third kappa shape index (κ3) is 13.5. The molecule has 0 radical (unpaired) electrons. The van der Waals surface area contributed by atoms with Gasteiger partial charge < -0.3 is 44.9 Å². The Morgan fingerprint density at radius 2 is 1.71 bits per heavy atom. The molecular formula is C47H57ClFN7O8S. The van der Waals surface area contributed by atoms with Crippen molar-refractivity contribution < 1.29 is 42.8 Å². The van der Waals surface area contributed by atoms with E-state index in [9.17, 15) is 23.9 Å². The van der Waals surface area contributed by atoms with Gasteiger partial charge in [-0.3, -0.25) is 14.4 Å². The third-order valence-corrected chi connectivity index (χ3v) is 12.1. The number of halogens is 2. The van der Waals surface area contributed by atoms with Crippen molar-refractivity contribution in [3.63, 3.8) is 0 Å². The number of β-amino-alcohol motifs (C(OH)–C–C–N with tert-alkyl or cyclic N) is 1. The van der Waals surface area contributed by atoms with Crippen molar-refractivity contribution in [3.05, 3.63) is 88.5 Å². The number of fused-ring (bicyclic) bond motifs is 1. The van der Waals surface area contributed by atoms with E-state index >= 15 is 0 Å². The van der Waals surface area contributed by atoms with Crippen LogP contribution in [0.3, 0.4) is 0 Å². The molecule has 0 aliphatic carbocycles. The molecule has 4 N–H and O–H groups in total. The Bertz CT molecular complexity index is 2400. The molecule has 3 heterocycles. The molecule has 3 atom stereocenters. The number of nitrogens with zero attached hydrogens (tertiary/aromatic N) is 4. The van der Waals surface area contributed by atoms with E-state index in [1.807, 2.05) is 63.5 Å². The highest BCUT2D eigenvalue weighted by Crippen LogP contribution is 2.35. The maximum Gasteiger partial charge on any atom is 0.246 e. The van der Waals surface area contributed by atoms with Gasteiger partial charge in [-0.2, -0.15) is 0 Å². The summed E-state index contributed by atoms with van der Waals surface area (Å²) >= 11 is 7.53. The van der Waals surface area contributed by atoms with E-state index in [1.165, 1.54) is 23.4 Å². The number of rotatable bonds is 22. The molecule has 1 saturated heterocycles. The van der Waals surface area contributed by atoms with E-state index in [-0.39, 0.29) is 49.4 Å². The van der Waals surface area contributed by atoms with Crippen LogP contribution in [0.1, 0.15) is 64.1 Å². The zero-order valence-electron chi connectivity index (χ0n) is 37.3. The van der Waals surface area contributed by atoms with Crippen molar-refractivity contribution in [2.45, 2.75) is 84.5 Å². The number of aryl methyl sites for hydroxylation is 1. The predicted molar refractivity (Wildman–Crippen MR) is 248 cm³/mol. The first-order valence-corrected chi connectivity index (χ1v) is 22.9. The monoisotopic (exact) mass is 933 g/mol. The number of hydrogen-bond donors (Lipinski definition) is 4. The quantitative estimate of drug-likeness (QED) is 0.0506. The number of unbranched alkanes of at least 4 members (excludes halogenated alkanes) is 2. The summed E-state index contributed by atoms with van der Waals surface area (Å²) in [4.78, 5) is 55.9. The van der Waals surface area contributed by atoms with Crippen molar-refractivity contribution in [2.75, 3.05) is 52.0 Å². The summed E-state index contributed by atoms with van der Waals surface area (Å²) < 4.78 is 36.7. The Kier molecular flexibility index (Phi) is 17.4. The largest absolute Gasteiger partial charge is 0.493 e. The van der Waals surface area contributed by atoms with Gasteiger partial charge in [0, 0.05) is 49.7 Å². The maximum atomic E-state index is 14.0. The highest BCUT2D eigenvalue weighted by Gasteiger charge is 2.44. The van der Waals surface area contributed by atoms with Crippen LogP contribution in [0.5, 0.6) is 11.5 Å². The second-order valence-corrected chi connectivity index (χ2v) is 18.1. The number of carbonyl (C=O) groups excluding carboxylic acids is 3. The Balaban J connectivity index is 0.864. The number of likely N-dealkylation sites (tertiary alicyclic amines) is 1. The molecule has 3 unspecified atom stereocenters. The topological polar surface area (TPSA) is 186 Å². The van der Waals surface area contributed by atoms with Crippen LogP contribution in [-0.2, 0) is 30.4 Å². The minimum Gasteiger partial charge on any atom is -0.493 e. The minimum absolute atomic E-state index is 0.00435. The van der Waals surface area contributed by atoms with Gasteiger partial charge in [-0.05, 0) is 67.0 Å². The molecule has 0 spiro atoms. The molecule has 1 aliphatic rings. The number of aliphatic hydroxyl groups is 1. The molecule has 0 bridgehead atoms. The Hall–Kier alpha value is -5.46. The van der Waals surface area contributed by atoms with Crippen LogP contribution in [0.15, 0.2) is 66.4 Å². The van der Waals surface area contributed by atoms with Crippen LogP contribution in [0.25, 0.3) is 21.3 Å². The fourth-order valence-electron chi connectivity index (χ4n) is 7.31. The molecule has 6 rings (SSSR count). The number of nitrogens with one attached hydrogen (secondary N) is 3. The van der Waals surface area contributed by atoms with Gasteiger partial charge in [0.15, 0.2) is 11.5 Å². The lowest BCUT2D eigenvalue weighted by molar-refractivity contribution is -0.144. The Morgan fingerprint density at radius 3 is 2.42 bits per heavy atom. The van der Waals surface area contributed by atoms with Gasteiger partial charge in [0.05, 0.1) is 66.3 Å². The SMILES string of the molecule is COc1cc2ncnc(Nc3ccc(F)c(Cl)c3)c2cc1OCCCCCOCCOCCC(=O)NC(C(=O)N1CC(O)CC1C(=O)NCc1ccc(-c2scnc2C)cc1)C(C)(C)C. The van der Waals surface area contributed by atoms with E-state index in [0.29, 0.717) is 60.3 Å². The van der Waals surface area contributed by atoms with Crippen molar-refractivity contribution in [3.8, 4) is 21.9 Å². The first-order chi connectivity index (χ1) is 31.2. The van der Waals surface area contributed by atoms with Gasteiger partial charge in [-0.15, -0.1) is 11.3 Å². The normalized spacial score (nSPS) is 15.5. The van der Waals surface area contributed by atoms with Gasteiger partial charge in [0.1, 0.15) is 30.0 Å². The highest BCUT2D eigenvalue weighted by atomic mass is 35.5. The fraction of sp³-hybridized carbons (Fsp3) is 0.447. The molecule has 1 fully saturated rings. The summed E-state index contributed by atoms with van der Waals surface area (Å²) in [6.07, 6.45) is 3.14. The molecule has 348 valence electrons. The Morgan fingerprint density at radius 1 is 0.954 bits per heavy atom. The number of hydrogen-bond acceptors (Lipinski definition) is 13. The zero-order chi connectivity index (χ0) is 46.5. The number of aliphatic hydroxyl groups excluding tert-OH is 1. The van der Waals surface area contributed by atoms with Crippen LogP contribution < -0.4 is 25.4 Å². The molecule has 65 heavy (non-hydrogen) atoms. The third-order valence-electron chi connectivity index (χ3n) is 10.9. The zero-order valence-corrected chi connectivity index (χ0v) is 38.9. The average molecular weight is 935 g/mol. The lowest BCUT2D eigenvalue weighted by Crippen LogP contribution is -2.57. The van der Waals surface area contributed by atoms with Crippen molar-refractivity contribution in [1.29, 1.82) is 0 Å². The molecule has 2 aromatic heterocycles. The van der Waals surface area contributed by atoms with Gasteiger partial charge >= 0.3 is 0 Å². The average Bonchev–Trinajstić information content (AvgIpc) is 3.90. The van der Waals surface area contributed by atoms with Crippen LogP contribution in [0.2, 0.25) is 5.02 Å². The fourth-order valence-corrected chi connectivity index (χ4v) is 8.30. The van der Waals surface area contributed by atoms with Crippen molar-refractivity contribution >= 4 is 63.1 Å². The summed E-state index contributed by atoms with van der Waals surface area (Å²) in [5.74, 6) is -0.0851. The number of benzene rings is 3. The van der Waals surface area contributed by atoms with E-state index in [4.69, 9.17) is 30.5 Å². The smallest absolute Gasteiger partial charge is 0.246 e.